The van der Waals surface area contributed by atoms with Gasteiger partial charge in [-0.1, -0.05) is 192 Å². The number of halogens is 7. The second kappa shape index (κ2) is 53.0. The predicted molar refractivity (Wildman–Crippen MR) is 487 cm³/mol. The van der Waals surface area contributed by atoms with Crippen molar-refractivity contribution in [2.75, 3.05) is 14.2 Å². The molecule has 2 unspecified atom stereocenters. The number of phenolic OH excluding ortho intramolecular Hbond substituents is 2. The third-order valence-electron chi connectivity index (χ3n) is 18.1. The number of ether oxygens (including phenoxy) is 4. The van der Waals surface area contributed by atoms with Gasteiger partial charge in [-0.2, -0.15) is 39.2 Å². The largest absolute Gasteiger partial charge is 0.508 e. The van der Waals surface area contributed by atoms with E-state index < -0.39 is 51.9 Å². The van der Waals surface area contributed by atoms with Crippen LogP contribution < -0.4 is 13.7 Å². The molecule has 0 aromatic heterocycles. The molecule has 0 aliphatic heterocycles. The summed E-state index contributed by atoms with van der Waals surface area (Å²) in [5, 5.41) is 4.81. The summed E-state index contributed by atoms with van der Waals surface area (Å²) in [6, 6.07) is 65.1. The molecule has 0 amide bonds. The van der Waals surface area contributed by atoms with Crippen LogP contribution in [0.2, 0.25) is 0 Å². The average molecular weight is 1800 g/mol. The molecule has 0 saturated heterocycles. The van der Waals surface area contributed by atoms with Gasteiger partial charge < -0.3 is 37.5 Å². The summed E-state index contributed by atoms with van der Waals surface area (Å²) in [7, 11) is -18.6. The molecule has 0 spiro atoms. The van der Waals surface area contributed by atoms with Gasteiger partial charge >= 0.3 is 38.1 Å². The van der Waals surface area contributed by atoms with Crippen LogP contribution in [0.1, 0.15) is 243 Å². The molecule has 0 radical (unpaired) electrons. The minimum Gasteiger partial charge on any atom is -0.508 e. The Hall–Kier alpha value is -8.28. The molecule has 0 bridgehead atoms. The Morgan fingerprint density at radius 2 is 0.793 bits per heavy atom. The highest BCUT2D eigenvalue weighted by Gasteiger charge is 2.73. The summed E-state index contributed by atoms with van der Waals surface area (Å²) >= 11 is 0. The summed E-state index contributed by atoms with van der Waals surface area (Å²) in [4.78, 5) is 31.0. The molecular weight excluding hydrogens is 1660 g/mol. The number of hydrogen-bond donors (Lipinski definition) is 2. The van der Waals surface area contributed by atoms with E-state index in [0.29, 0.717) is 29.4 Å². The molecular formula is C93H139F7NO15S5+. The summed E-state index contributed by atoms with van der Waals surface area (Å²) < 4.78 is 185. The number of phenols is 2. The average Bonchev–Trinajstić information content (AvgIpc) is 0.728. The van der Waals surface area contributed by atoms with Crippen LogP contribution in [0.3, 0.4) is 0 Å². The van der Waals surface area contributed by atoms with E-state index in [2.05, 4.69) is 129 Å². The van der Waals surface area contributed by atoms with E-state index in [0.717, 1.165) is 59.9 Å². The van der Waals surface area contributed by atoms with Gasteiger partial charge in [-0.25, -0.2) is 16.8 Å². The number of benzene rings is 8. The smallest absolute Gasteiger partial charge is 0.480 e. The predicted octanol–water partition coefficient (Wildman–Crippen LogP) is 27.7. The number of nitrogens with zero attached hydrogens (tertiary/aromatic N) is 1. The molecule has 2 atom stereocenters. The Bertz CT molecular complexity index is 4540. The van der Waals surface area contributed by atoms with E-state index in [9.17, 15) is 70.7 Å². The van der Waals surface area contributed by atoms with Crippen molar-refractivity contribution >= 4 is 63.9 Å². The van der Waals surface area contributed by atoms with Crippen molar-refractivity contribution in [2.24, 2.45) is 10.8 Å². The number of aryl methyl sites for hydroxylation is 1. The molecule has 0 heterocycles. The Labute approximate surface area is 728 Å². The molecule has 1 aliphatic carbocycles. The van der Waals surface area contributed by atoms with Gasteiger partial charge in [0.15, 0.2) is 49.4 Å². The zero-order valence-electron chi connectivity index (χ0n) is 67.0. The monoisotopic (exact) mass is 1800 g/mol. The molecule has 1 aliphatic rings. The molecule has 1 fully saturated rings. The van der Waals surface area contributed by atoms with E-state index in [1.54, 1.807) is 52.3 Å². The first-order valence-electron chi connectivity index (χ1n) is 36.6. The van der Waals surface area contributed by atoms with Crippen LogP contribution in [-0.2, 0) is 71.0 Å². The first kappa shape index (κ1) is 121. The van der Waals surface area contributed by atoms with Crippen LogP contribution in [0.5, 0.6) is 28.7 Å². The van der Waals surface area contributed by atoms with Crippen LogP contribution >= 0.6 is 0 Å². The normalized spacial score (nSPS) is 12.9. The number of carbonyl (C=O) groups is 2. The van der Waals surface area contributed by atoms with E-state index >= 15 is 0 Å². The van der Waals surface area contributed by atoms with Crippen LogP contribution in [-0.4, -0.2) is 88.8 Å². The fraction of sp³-hybridized carbons (Fsp3) is 0.462. The van der Waals surface area contributed by atoms with Crippen molar-refractivity contribution in [3.05, 3.63) is 227 Å². The standard InChI is InChI=1S/C21H21O2S.C18H14OS.C13H13F7NO7S3.C13H24O2.C10H20O2.C10H14O.8CH4/c1-16-7-4-10-19(13-16)24(20-11-5-8-17(14-20)22-2)21-12-6-9-18(15-21)23-3;19-15-11-13-18(14-12-15)20(16-7-3-1-4-8-16)17-9-5-2-6-10-17;1-3-8(2)9-4-6-10(7-5-9)28-31(26,27)12(16,17)11(14,15)29(22,23)21-30(24,25)13(18,19)20;1-5-12(2,3)11(14)15-13(4)9-7-6-8-10-13;1-7-10(5,6)8(11)12-9(2,3)4;1-3-8(2)9-4-6-10(11)7-5-9;;;;;;;;/h4-15H,1-3H3;1-14H;4-8H,3H2,1-2H3;5-10H2,1-4H3;7H2,1-6H3;4-8,11H,3H2,1-2H3;8*1H4/q+1;;-1;;;;;;;;;;;/p+1. The number of alkyl halides is 7. The lowest BCUT2D eigenvalue weighted by Crippen LogP contribution is -2.53. The summed E-state index contributed by atoms with van der Waals surface area (Å²) in [6.07, 6.45) is 9.12. The third-order valence-corrected chi connectivity index (χ3v) is 27.0. The van der Waals surface area contributed by atoms with Crippen LogP contribution in [0.25, 0.3) is 4.13 Å². The fourth-order valence-electron chi connectivity index (χ4n) is 10.00. The van der Waals surface area contributed by atoms with Crippen molar-refractivity contribution < 1.29 is 98.9 Å². The number of rotatable bonds is 24. The molecule has 9 rings (SSSR count). The number of sulfonamides is 2. The fourth-order valence-corrected chi connectivity index (χ4v) is 17.7. The van der Waals surface area contributed by atoms with Gasteiger partial charge in [-0.3, -0.25) is 9.59 Å². The Morgan fingerprint density at radius 1 is 0.446 bits per heavy atom. The number of aromatic hydroxyl groups is 2. The van der Waals surface area contributed by atoms with Gasteiger partial charge in [-0.15, -0.1) is 0 Å². The molecule has 28 heteroatoms. The van der Waals surface area contributed by atoms with Crippen molar-refractivity contribution in [3.63, 3.8) is 0 Å². The van der Waals surface area contributed by atoms with Crippen molar-refractivity contribution in [3.8, 4) is 28.7 Å². The summed E-state index contributed by atoms with van der Waals surface area (Å²) in [5.41, 5.74) is -4.67. The lowest BCUT2D eigenvalue weighted by atomic mass is 9.85. The van der Waals surface area contributed by atoms with Gasteiger partial charge in [0, 0.05) is 12.1 Å². The van der Waals surface area contributed by atoms with Gasteiger partial charge in [0.1, 0.15) is 39.9 Å². The van der Waals surface area contributed by atoms with Gasteiger partial charge in [-0.05, 0) is 251 Å². The van der Waals surface area contributed by atoms with E-state index in [1.165, 1.54) is 71.9 Å². The molecule has 121 heavy (non-hydrogen) atoms. The quantitative estimate of drug-likeness (QED) is 0.0248. The second-order valence-electron chi connectivity index (χ2n) is 29.1. The van der Waals surface area contributed by atoms with Crippen LogP contribution in [0.15, 0.2) is 236 Å². The third kappa shape index (κ3) is 36.2. The Morgan fingerprint density at radius 3 is 1.16 bits per heavy atom. The molecule has 16 nitrogen and oxygen atoms in total. The lowest BCUT2D eigenvalue weighted by molar-refractivity contribution is -0.172. The number of carbonyl (C=O) groups excluding carboxylic acids is 2. The summed E-state index contributed by atoms with van der Waals surface area (Å²) in [6.45, 7) is 29.5. The molecule has 8 aromatic carbocycles. The highest BCUT2D eigenvalue weighted by Crippen LogP contribution is 2.48. The minimum atomic E-state index is -7.58. The van der Waals surface area contributed by atoms with Gasteiger partial charge in [0.25, 0.3) is 0 Å². The maximum absolute atomic E-state index is 13.9. The highest BCUT2D eigenvalue weighted by molar-refractivity contribution is 8.13. The lowest BCUT2D eigenvalue weighted by Gasteiger charge is -2.36. The number of hydrogen-bond acceptors (Lipinski definition) is 15. The van der Waals surface area contributed by atoms with E-state index in [-0.39, 0.29) is 121 Å². The number of methoxy groups -OCH3 is 2. The molecule has 684 valence electrons. The minimum absolute atomic E-state index is 0. The maximum atomic E-state index is 13.9. The first-order chi connectivity index (χ1) is 52.5. The van der Waals surface area contributed by atoms with Gasteiger partial charge in [0.2, 0.25) is 0 Å². The van der Waals surface area contributed by atoms with Gasteiger partial charge in [0.05, 0.1) is 46.8 Å². The van der Waals surface area contributed by atoms with E-state index in [1.807, 2.05) is 123 Å². The van der Waals surface area contributed by atoms with Crippen molar-refractivity contribution in [1.29, 1.82) is 0 Å². The van der Waals surface area contributed by atoms with Crippen molar-refractivity contribution in [2.45, 2.75) is 289 Å². The van der Waals surface area contributed by atoms with Crippen LogP contribution in [0, 0.1) is 17.8 Å². The van der Waals surface area contributed by atoms with Crippen LogP contribution in [0.4, 0.5) is 30.7 Å². The Balaban J connectivity index is -0.000000453. The van der Waals surface area contributed by atoms with E-state index in [4.69, 9.17) is 24.1 Å². The number of esters is 2. The maximum Gasteiger partial charge on any atom is 0.480 e. The Kier molecular flexibility index (Phi) is 53.1. The first-order valence-corrected chi connectivity index (χ1v) is 43.3. The zero-order valence-corrected chi connectivity index (χ0v) is 71.1. The summed E-state index contributed by atoms with van der Waals surface area (Å²) in [5.74, 6) is 1.82. The molecule has 8 aromatic rings. The zero-order chi connectivity index (χ0) is 85.2. The SMILES string of the molecule is C.C.C.C.C.C.C.C.CCC(C)(C)C(=O)OC(C)(C)C.CCC(C)(C)C(=O)OC1(C)CCCCC1.CCC(C)c1ccc(O)cc1.CCC(C)c1ccc(OS(=O)(=O)C(F)(F)C(F)(F)S(=O)(=O)[N-]S(=O)(=O)C(F)(F)F)cc1.COc1cccc([S+](c2cccc(C)c2)c2cccc(OC)c2)c1.Oc1ccc([S+](c2ccccc2)c2ccccc2)cc1. The molecule has 1 saturated carbocycles. The van der Waals surface area contributed by atoms with Crippen molar-refractivity contribution in [1.82, 2.24) is 0 Å². The highest BCUT2D eigenvalue weighted by atomic mass is 32.3. The second-order valence-corrected chi connectivity index (χ2v) is 38.2. The topological polar surface area (TPSA) is 237 Å². The molecule has 2 N–H and O–H groups in total.